The summed E-state index contributed by atoms with van der Waals surface area (Å²) in [6.45, 7) is 7.47. The van der Waals surface area contributed by atoms with E-state index >= 15 is 0 Å². The van der Waals surface area contributed by atoms with Gasteiger partial charge in [-0.05, 0) is 32.7 Å². The number of likely N-dealkylation sites (N-methyl/N-ethyl adjacent to an activating group) is 1. The van der Waals surface area contributed by atoms with Crippen LogP contribution in [0.2, 0.25) is 5.02 Å². The fourth-order valence-corrected chi connectivity index (χ4v) is 3.06. The average Bonchev–Trinajstić information content (AvgIpc) is 2.51. The minimum absolute atomic E-state index is 0.189. The molecule has 1 aliphatic heterocycles. The van der Waals surface area contributed by atoms with Gasteiger partial charge in [0.1, 0.15) is 5.02 Å². The molecule has 1 aromatic heterocycles. The van der Waals surface area contributed by atoms with Crippen LogP contribution < -0.4 is 15.8 Å². The lowest BCUT2D eigenvalue weighted by molar-refractivity contribution is 0.400. The molecule has 0 spiro atoms. The van der Waals surface area contributed by atoms with Crippen LogP contribution in [0.15, 0.2) is 11.0 Å². The molecule has 1 atom stereocenters. The number of aryl methyl sites for hydroxylation is 1. The zero-order valence-electron chi connectivity index (χ0n) is 12.9. The Morgan fingerprint density at radius 3 is 2.90 bits per heavy atom. The Morgan fingerprint density at radius 1 is 1.48 bits per heavy atom. The minimum Gasteiger partial charge on any atom is -0.368 e. The van der Waals surface area contributed by atoms with Gasteiger partial charge in [0, 0.05) is 25.7 Å². The van der Waals surface area contributed by atoms with Crippen molar-refractivity contribution in [2.75, 3.05) is 24.5 Å². The lowest BCUT2D eigenvalue weighted by Gasteiger charge is -2.31. The predicted molar refractivity (Wildman–Crippen MR) is 87.3 cm³/mol. The molecule has 0 aromatic carbocycles. The van der Waals surface area contributed by atoms with Gasteiger partial charge < -0.3 is 10.2 Å². The number of piperidine rings is 1. The highest BCUT2D eigenvalue weighted by atomic mass is 35.5. The van der Waals surface area contributed by atoms with Crippen LogP contribution in [0.5, 0.6) is 0 Å². The molecule has 1 aliphatic rings. The summed E-state index contributed by atoms with van der Waals surface area (Å²) >= 11 is 6.29. The molecule has 118 valence electrons. The molecular formula is C15H25ClN4O. The maximum Gasteiger partial charge on any atom is 0.287 e. The lowest BCUT2D eigenvalue weighted by Crippen LogP contribution is -2.44. The standard InChI is InChI=1S/C15H25ClN4O/c1-3-9-20-15(21)14(16)13(10-18-20)19(4-2)11-12-7-5-6-8-17-12/h10,12,17H,3-9,11H2,1-2H3. The number of anilines is 1. The Kier molecular flexibility index (Phi) is 6.06. The molecule has 0 radical (unpaired) electrons. The van der Waals surface area contributed by atoms with Crippen molar-refractivity contribution >= 4 is 17.3 Å². The van der Waals surface area contributed by atoms with Gasteiger partial charge in [-0.1, -0.05) is 24.9 Å². The lowest BCUT2D eigenvalue weighted by atomic mass is 10.0. The summed E-state index contributed by atoms with van der Waals surface area (Å²) in [5.74, 6) is 0. The van der Waals surface area contributed by atoms with Crippen LogP contribution in [-0.4, -0.2) is 35.5 Å². The fraction of sp³-hybridized carbons (Fsp3) is 0.733. The molecule has 5 nitrogen and oxygen atoms in total. The van der Waals surface area contributed by atoms with E-state index in [4.69, 9.17) is 11.6 Å². The first-order chi connectivity index (χ1) is 10.2. The van der Waals surface area contributed by atoms with Crippen molar-refractivity contribution in [2.45, 2.75) is 52.1 Å². The highest BCUT2D eigenvalue weighted by molar-refractivity contribution is 6.33. The van der Waals surface area contributed by atoms with Crippen molar-refractivity contribution in [2.24, 2.45) is 0 Å². The van der Waals surface area contributed by atoms with Crippen molar-refractivity contribution < 1.29 is 0 Å². The normalized spacial score (nSPS) is 18.7. The van der Waals surface area contributed by atoms with E-state index < -0.39 is 0 Å². The van der Waals surface area contributed by atoms with E-state index in [1.807, 2.05) is 6.92 Å². The topological polar surface area (TPSA) is 50.2 Å². The van der Waals surface area contributed by atoms with Crippen LogP contribution in [0, 0.1) is 0 Å². The summed E-state index contributed by atoms with van der Waals surface area (Å²) in [5, 5.41) is 8.07. The average molecular weight is 313 g/mol. The van der Waals surface area contributed by atoms with Gasteiger partial charge in [-0.15, -0.1) is 0 Å². The molecule has 0 amide bonds. The number of hydrogen-bond donors (Lipinski definition) is 1. The zero-order chi connectivity index (χ0) is 15.2. The summed E-state index contributed by atoms with van der Waals surface area (Å²) in [5.41, 5.74) is 0.565. The van der Waals surface area contributed by atoms with Crippen LogP contribution in [-0.2, 0) is 6.54 Å². The molecule has 2 rings (SSSR count). The third kappa shape index (κ3) is 3.98. The minimum atomic E-state index is -0.189. The smallest absolute Gasteiger partial charge is 0.287 e. The van der Waals surface area contributed by atoms with Crippen LogP contribution in [0.4, 0.5) is 5.69 Å². The second-order valence-electron chi connectivity index (χ2n) is 5.56. The fourth-order valence-electron chi connectivity index (χ4n) is 2.79. The van der Waals surface area contributed by atoms with Crippen LogP contribution in [0.1, 0.15) is 39.5 Å². The molecule has 1 aromatic rings. The molecule has 1 saturated heterocycles. The van der Waals surface area contributed by atoms with Gasteiger partial charge in [0.2, 0.25) is 0 Å². The van der Waals surface area contributed by atoms with Crippen molar-refractivity contribution in [3.63, 3.8) is 0 Å². The largest absolute Gasteiger partial charge is 0.368 e. The van der Waals surface area contributed by atoms with Gasteiger partial charge in [0.25, 0.3) is 5.56 Å². The Morgan fingerprint density at radius 2 is 2.29 bits per heavy atom. The van der Waals surface area contributed by atoms with Crippen molar-refractivity contribution in [1.82, 2.24) is 15.1 Å². The third-order valence-electron chi connectivity index (χ3n) is 3.98. The number of nitrogens with zero attached hydrogens (tertiary/aromatic N) is 3. The molecule has 1 N–H and O–H groups in total. The first-order valence-corrected chi connectivity index (χ1v) is 8.29. The highest BCUT2D eigenvalue weighted by Crippen LogP contribution is 2.22. The molecule has 0 aliphatic carbocycles. The predicted octanol–water partition coefficient (Wildman–Crippen LogP) is 2.28. The SMILES string of the molecule is CCCn1ncc(N(CC)CC2CCCCN2)c(Cl)c1=O. The van der Waals surface area contributed by atoms with Gasteiger partial charge in [-0.25, -0.2) is 4.68 Å². The Balaban J connectivity index is 2.17. The van der Waals surface area contributed by atoms with Crippen LogP contribution in [0.3, 0.4) is 0 Å². The molecule has 6 heteroatoms. The Bertz CT molecular complexity index is 511. The Labute approximate surface area is 131 Å². The second-order valence-corrected chi connectivity index (χ2v) is 5.94. The van der Waals surface area contributed by atoms with Crippen molar-refractivity contribution in [3.05, 3.63) is 21.6 Å². The quantitative estimate of drug-likeness (QED) is 0.875. The number of aromatic nitrogens is 2. The molecule has 0 bridgehead atoms. The van der Waals surface area contributed by atoms with Crippen molar-refractivity contribution in [1.29, 1.82) is 0 Å². The van der Waals surface area contributed by atoms with E-state index in [-0.39, 0.29) is 10.6 Å². The van der Waals surface area contributed by atoms with E-state index in [0.717, 1.165) is 31.7 Å². The zero-order valence-corrected chi connectivity index (χ0v) is 13.7. The van der Waals surface area contributed by atoms with E-state index in [9.17, 15) is 4.79 Å². The highest BCUT2D eigenvalue weighted by Gasteiger charge is 2.19. The van der Waals surface area contributed by atoms with Gasteiger partial charge in [-0.3, -0.25) is 4.79 Å². The monoisotopic (exact) mass is 312 g/mol. The van der Waals surface area contributed by atoms with Gasteiger partial charge in [0.15, 0.2) is 0 Å². The first kappa shape index (κ1) is 16.3. The summed E-state index contributed by atoms with van der Waals surface area (Å²) in [4.78, 5) is 14.4. The number of hydrogen-bond acceptors (Lipinski definition) is 4. The number of nitrogens with one attached hydrogen (secondary N) is 1. The maximum atomic E-state index is 12.2. The number of rotatable bonds is 6. The molecule has 1 unspecified atom stereocenters. The van der Waals surface area contributed by atoms with Crippen LogP contribution >= 0.6 is 11.6 Å². The summed E-state index contributed by atoms with van der Waals surface area (Å²) in [6.07, 6.45) is 6.28. The van der Waals surface area contributed by atoms with E-state index in [0.29, 0.717) is 12.6 Å². The second kappa shape index (κ2) is 7.80. The molecule has 21 heavy (non-hydrogen) atoms. The summed E-state index contributed by atoms with van der Waals surface area (Å²) < 4.78 is 1.44. The number of halogens is 1. The molecule has 2 heterocycles. The van der Waals surface area contributed by atoms with Crippen LogP contribution in [0.25, 0.3) is 0 Å². The Hall–Kier alpha value is -1.07. The maximum absolute atomic E-state index is 12.2. The van der Waals surface area contributed by atoms with E-state index in [1.165, 1.54) is 23.9 Å². The van der Waals surface area contributed by atoms with Gasteiger partial charge >= 0.3 is 0 Å². The molecule has 0 saturated carbocycles. The van der Waals surface area contributed by atoms with Gasteiger partial charge in [0.05, 0.1) is 11.9 Å². The third-order valence-corrected chi connectivity index (χ3v) is 4.33. The van der Waals surface area contributed by atoms with Crippen molar-refractivity contribution in [3.8, 4) is 0 Å². The van der Waals surface area contributed by atoms with Gasteiger partial charge in [-0.2, -0.15) is 5.10 Å². The molecule has 1 fully saturated rings. The first-order valence-electron chi connectivity index (χ1n) is 7.91. The van der Waals surface area contributed by atoms with E-state index in [1.54, 1.807) is 6.20 Å². The summed E-state index contributed by atoms with van der Waals surface area (Å²) in [7, 11) is 0. The van der Waals surface area contributed by atoms with E-state index in [2.05, 4.69) is 22.2 Å². The summed E-state index contributed by atoms with van der Waals surface area (Å²) in [6, 6.07) is 0.466. The molecular weight excluding hydrogens is 288 g/mol.